The Morgan fingerprint density at radius 3 is 1.88 bits per heavy atom. The maximum Gasteiger partial charge on any atom is 0.347 e. The van der Waals surface area contributed by atoms with E-state index in [9.17, 15) is 29.4 Å². The molecule has 1 rings (SSSR count). The van der Waals surface area contributed by atoms with Gasteiger partial charge in [-0.15, -0.1) is 0 Å². The summed E-state index contributed by atoms with van der Waals surface area (Å²) >= 11 is 0. The van der Waals surface area contributed by atoms with E-state index in [1.54, 1.807) is 0 Å². The minimum absolute atomic E-state index is 0.0538. The number of benzene rings is 1. The molecule has 2 N–H and O–H groups in total. The number of carbonyl (C=O) groups is 4. The van der Waals surface area contributed by atoms with Gasteiger partial charge in [-0.2, -0.15) is 0 Å². The van der Waals surface area contributed by atoms with E-state index in [0.29, 0.717) is 5.56 Å². The molecule has 0 fully saturated rings. The fraction of sp³-hybridized carbons (Fsp3) is 0.412. The SMILES string of the molecule is CCC(O)C(=O)OC(=O)c1cccc(C)c1C(=O)OC(=O)C(O)CC. The van der Waals surface area contributed by atoms with Crippen LogP contribution in [0.25, 0.3) is 0 Å². The number of aryl methyl sites for hydroxylation is 1. The van der Waals surface area contributed by atoms with Gasteiger partial charge in [-0.1, -0.05) is 26.0 Å². The van der Waals surface area contributed by atoms with Crippen LogP contribution in [0.5, 0.6) is 0 Å². The van der Waals surface area contributed by atoms with Gasteiger partial charge in [0.15, 0.2) is 12.2 Å². The number of hydrogen-bond acceptors (Lipinski definition) is 8. The number of ether oxygens (including phenoxy) is 2. The van der Waals surface area contributed by atoms with Gasteiger partial charge >= 0.3 is 23.9 Å². The summed E-state index contributed by atoms with van der Waals surface area (Å²) in [7, 11) is 0. The fourth-order valence-corrected chi connectivity index (χ4v) is 1.87. The van der Waals surface area contributed by atoms with Gasteiger partial charge in [0, 0.05) is 0 Å². The van der Waals surface area contributed by atoms with Crippen LogP contribution in [-0.2, 0) is 19.1 Å². The maximum atomic E-state index is 12.2. The van der Waals surface area contributed by atoms with Gasteiger partial charge in [0.2, 0.25) is 0 Å². The Kier molecular flexibility index (Phi) is 7.41. The molecule has 2 atom stereocenters. The minimum atomic E-state index is -1.47. The molecule has 1 aromatic rings. The molecular formula is C17H20O8. The Morgan fingerprint density at radius 1 is 0.920 bits per heavy atom. The van der Waals surface area contributed by atoms with E-state index in [1.807, 2.05) is 0 Å². The van der Waals surface area contributed by atoms with Crippen molar-refractivity contribution in [3.05, 3.63) is 34.9 Å². The number of aliphatic hydroxyl groups excluding tert-OH is 2. The third-order valence-corrected chi connectivity index (χ3v) is 3.40. The molecule has 0 amide bonds. The monoisotopic (exact) mass is 352 g/mol. The van der Waals surface area contributed by atoms with Crippen molar-refractivity contribution in [2.45, 2.75) is 45.8 Å². The highest BCUT2D eigenvalue weighted by Crippen LogP contribution is 2.18. The van der Waals surface area contributed by atoms with Crippen LogP contribution in [0.2, 0.25) is 0 Å². The molecule has 25 heavy (non-hydrogen) atoms. The Morgan fingerprint density at radius 2 is 1.40 bits per heavy atom. The number of rotatable bonds is 6. The number of hydrogen-bond donors (Lipinski definition) is 2. The standard InChI is InChI=1S/C17H20O8/c1-4-11(18)15(21)24-14(20)10-8-6-7-9(3)13(10)17(23)25-16(22)12(19)5-2/h6-8,11-12,18-19H,4-5H2,1-3H3. The van der Waals surface area contributed by atoms with Crippen LogP contribution >= 0.6 is 0 Å². The first-order valence-electron chi connectivity index (χ1n) is 7.70. The third kappa shape index (κ3) is 5.20. The van der Waals surface area contributed by atoms with Crippen molar-refractivity contribution < 1.29 is 38.9 Å². The average molecular weight is 352 g/mol. The van der Waals surface area contributed by atoms with Gasteiger partial charge in [-0.05, 0) is 31.4 Å². The Bertz CT molecular complexity index is 679. The van der Waals surface area contributed by atoms with Gasteiger partial charge in [-0.3, -0.25) is 0 Å². The number of aliphatic hydroxyl groups is 2. The zero-order valence-electron chi connectivity index (χ0n) is 14.1. The Balaban J connectivity index is 3.09. The predicted octanol–water partition coefficient (Wildman–Crippen LogP) is 0.904. The zero-order chi connectivity index (χ0) is 19.1. The highest BCUT2D eigenvalue weighted by atomic mass is 16.6. The van der Waals surface area contributed by atoms with E-state index in [4.69, 9.17) is 0 Å². The van der Waals surface area contributed by atoms with E-state index in [-0.39, 0.29) is 24.0 Å². The lowest BCUT2D eigenvalue weighted by molar-refractivity contribution is -0.148. The first-order valence-corrected chi connectivity index (χ1v) is 7.70. The summed E-state index contributed by atoms with van der Waals surface area (Å²) in [5.74, 6) is -4.60. The largest absolute Gasteiger partial charge is 0.387 e. The lowest BCUT2D eigenvalue weighted by Gasteiger charge is -2.12. The van der Waals surface area contributed by atoms with Crippen LogP contribution in [0.3, 0.4) is 0 Å². The lowest BCUT2D eigenvalue weighted by atomic mass is 10.0. The van der Waals surface area contributed by atoms with Gasteiger partial charge in [0.1, 0.15) is 0 Å². The van der Waals surface area contributed by atoms with Crippen molar-refractivity contribution >= 4 is 23.9 Å². The second kappa shape index (κ2) is 9.05. The number of carbonyl (C=O) groups excluding carboxylic acids is 4. The average Bonchev–Trinajstić information content (AvgIpc) is 2.59. The van der Waals surface area contributed by atoms with Crippen molar-refractivity contribution in [2.24, 2.45) is 0 Å². The molecule has 0 aromatic heterocycles. The van der Waals surface area contributed by atoms with Crippen LogP contribution in [0.1, 0.15) is 53.0 Å². The maximum absolute atomic E-state index is 12.2. The van der Waals surface area contributed by atoms with Gasteiger partial charge < -0.3 is 19.7 Å². The molecule has 2 unspecified atom stereocenters. The second-order valence-corrected chi connectivity index (χ2v) is 5.26. The van der Waals surface area contributed by atoms with Crippen LogP contribution in [0, 0.1) is 6.92 Å². The smallest absolute Gasteiger partial charge is 0.347 e. The minimum Gasteiger partial charge on any atom is -0.387 e. The summed E-state index contributed by atoms with van der Waals surface area (Å²) < 4.78 is 9.10. The molecule has 0 aliphatic rings. The fourth-order valence-electron chi connectivity index (χ4n) is 1.87. The summed E-state index contributed by atoms with van der Waals surface area (Å²) in [4.78, 5) is 47.4. The molecular weight excluding hydrogens is 332 g/mol. The van der Waals surface area contributed by atoms with Crippen molar-refractivity contribution in [1.29, 1.82) is 0 Å². The second-order valence-electron chi connectivity index (χ2n) is 5.26. The molecule has 8 nitrogen and oxygen atoms in total. The first kappa shape index (κ1) is 20.5. The van der Waals surface area contributed by atoms with E-state index >= 15 is 0 Å². The topological polar surface area (TPSA) is 127 Å². The first-order chi connectivity index (χ1) is 11.7. The van der Waals surface area contributed by atoms with Crippen molar-refractivity contribution in [1.82, 2.24) is 0 Å². The molecule has 0 heterocycles. The van der Waals surface area contributed by atoms with Crippen molar-refractivity contribution in [3.8, 4) is 0 Å². The lowest BCUT2D eigenvalue weighted by Crippen LogP contribution is -2.28. The molecule has 136 valence electrons. The van der Waals surface area contributed by atoms with Gasteiger partial charge in [0.25, 0.3) is 0 Å². The van der Waals surface area contributed by atoms with Crippen LogP contribution in [0.4, 0.5) is 0 Å². The van der Waals surface area contributed by atoms with E-state index < -0.39 is 36.1 Å². The molecule has 0 aliphatic carbocycles. The summed E-state index contributed by atoms with van der Waals surface area (Å²) in [5, 5.41) is 18.8. The molecule has 0 radical (unpaired) electrons. The molecule has 0 saturated carbocycles. The molecule has 0 aliphatic heterocycles. The summed E-state index contributed by atoms with van der Waals surface area (Å²) in [6.07, 6.45) is -2.83. The molecule has 0 bridgehead atoms. The summed E-state index contributed by atoms with van der Waals surface area (Å²) in [6.45, 7) is 4.55. The highest BCUT2D eigenvalue weighted by molar-refractivity contribution is 6.09. The summed E-state index contributed by atoms with van der Waals surface area (Å²) in [6, 6.07) is 4.17. The number of esters is 4. The van der Waals surface area contributed by atoms with Crippen LogP contribution < -0.4 is 0 Å². The third-order valence-electron chi connectivity index (χ3n) is 3.40. The predicted molar refractivity (Wildman–Crippen MR) is 84.6 cm³/mol. The van der Waals surface area contributed by atoms with Crippen molar-refractivity contribution in [3.63, 3.8) is 0 Å². The van der Waals surface area contributed by atoms with Gasteiger partial charge in [-0.25, -0.2) is 19.2 Å². The van der Waals surface area contributed by atoms with Crippen molar-refractivity contribution in [2.75, 3.05) is 0 Å². The van der Waals surface area contributed by atoms with E-state index in [0.717, 1.165) is 0 Å². The van der Waals surface area contributed by atoms with Crippen LogP contribution in [-0.4, -0.2) is 46.3 Å². The van der Waals surface area contributed by atoms with Crippen LogP contribution in [0.15, 0.2) is 18.2 Å². The zero-order valence-corrected chi connectivity index (χ0v) is 14.1. The van der Waals surface area contributed by atoms with Gasteiger partial charge in [0.05, 0.1) is 11.1 Å². The van der Waals surface area contributed by atoms with E-state index in [1.165, 1.54) is 39.0 Å². The highest BCUT2D eigenvalue weighted by Gasteiger charge is 2.28. The van der Waals surface area contributed by atoms with E-state index in [2.05, 4.69) is 9.47 Å². The Hall–Kier alpha value is -2.58. The molecule has 8 heteroatoms. The molecule has 0 saturated heterocycles. The summed E-state index contributed by atoms with van der Waals surface area (Å²) in [5.41, 5.74) is -0.245. The molecule has 0 spiro atoms. The quantitative estimate of drug-likeness (QED) is 0.571. The molecule has 1 aromatic carbocycles. The normalized spacial score (nSPS) is 12.8. The Labute approximate surface area is 144 Å².